The molecule has 0 unspecified atom stereocenters. The van der Waals surface area contributed by atoms with Gasteiger partial charge in [0.15, 0.2) is 0 Å². The molecule has 0 saturated heterocycles. The van der Waals surface area contributed by atoms with Crippen molar-refractivity contribution in [2.75, 3.05) is 0 Å². The van der Waals surface area contributed by atoms with E-state index in [0.29, 0.717) is 0 Å². The van der Waals surface area contributed by atoms with E-state index in [1.807, 2.05) is 4.68 Å². The largest absolute Gasteiger partial charge is 0.215 e. The van der Waals surface area contributed by atoms with Gasteiger partial charge in [-0.15, -0.1) is 5.10 Å². The molecule has 1 heterocycles. The van der Waals surface area contributed by atoms with Crippen LogP contribution in [-0.4, -0.2) is 20.2 Å². The van der Waals surface area contributed by atoms with Crippen molar-refractivity contribution in [3.8, 4) is 16.8 Å². The van der Waals surface area contributed by atoms with Crippen LogP contribution in [0, 0.1) is 13.8 Å². The molecule has 4 aromatic rings. The standard InChI is InChI=1S/C22H18N4S/c1-14-8-7-9-15(2)20(14)26-22(23-24-25-26)27-21-18-12-5-3-10-16(18)17-11-4-6-13-19(17)21/h3-13,21H,1-2H3. The average Bonchev–Trinajstić information content (AvgIpc) is 3.26. The van der Waals surface area contributed by atoms with Crippen LogP contribution in [0.3, 0.4) is 0 Å². The van der Waals surface area contributed by atoms with Crippen LogP contribution in [0.4, 0.5) is 0 Å². The summed E-state index contributed by atoms with van der Waals surface area (Å²) in [6.07, 6.45) is 0. The first-order chi connectivity index (χ1) is 13.2. The van der Waals surface area contributed by atoms with Crippen LogP contribution in [0.25, 0.3) is 16.8 Å². The molecule has 1 aliphatic rings. The SMILES string of the molecule is Cc1cccc(C)c1-n1nnnc1SC1c2ccccc2-c2ccccc21. The molecule has 27 heavy (non-hydrogen) atoms. The first-order valence-corrected chi connectivity index (χ1v) is 9.82. The minimum Gasteiger partial charge on any atom is -0.187 e. The lowest BCUT2D eigenvalue weighted by Crippen LogP contribution is -2.05. The van der Waals surface area contributed by atoms with Gasteiger partial charge in [-0.05, 0) is 57.7 Å². The highest BCUT2D eigenvalue weighted by molar-refractivity contribution is 7.99. The maximum Gasteiger partial charge on any atom is 0.215 e. The average molecular weight is 370 g/mol. The van der Waals surface area contributed by atoms with Crippen LogP contribution >= 0.6 is 11.8 Å². The van der Waals surface area contributed by atoms with Crippen molar-refractivity contribution in [3.63, 3.8) is 0 Å². The molecular weight excluding hydrogens is 352 g/mol. The first kappa shape index (κ1) is 16.3. The fourth-order valence-corrected chi connectivity index (χ4v) is 5.06. The van der Waals surface area contributed by atoms with Crippen molar-refractivity contribution in [3.05, 3.63) is 89.0 Å². The van der Waals surface area contributed by atoms with Gasteiger partial charge in [-0.1, -0.05) is 78.5 Å². The minimum atomic E-state index is 0.187. The Morgan fingerprint density at radius 2 is 1.37 bits per heavy atom. The molecule has 5 heteroatoms. The van der Waals surface area contributed by atoms with Gasteiger partial charge < -0.3 is 0 Å². The maximum atomic E-state index is 4.35. The third-order valence-corrected chi connectivity index (χ3v) is 6.30. The second kappa shape index (κ2) is 6.35. The summed E-state index contributed by atoms with van der Waals surface area (Å²) >= 11 is 1.71. The summed E-state index contributed by atoms with van der Waals surface area (Å²) in [6.45, 7) is 4.19. The van der Waals surface area contributed by atoms with Crippen molar-refractivity contribution < 1.29 is 0 Å². The summed E-state index contributed by atoms with van der Waals surface area (Å²) in [5.74, 6) is 0. The third-order valence-electron chi connectivity index (χ3n) is 5.09. The smallest absolute Gasteiger partial charge is 0.187 e. The molecule has 0 N–H and O–H groups in total. The fraction of sp³-hybridized carbons (Fsp3) is 0.136. The van der Waals surface area contributed by atoms with Gasteiger partial charge in [0.25, 0.3) is 0 Å². The van der Waals surface area contributed by atoms with Crippen LogP contribution < -0.4 is 0 Å². The van der Waals surface area contributed by atoms with Gasteiger partial charge in [0, 0.05) is 0 Å². The predicted octanol–water partition coefficient (Wildman–Crippen LogP) is 5.14. The fourth-order valence-electron chi connectivity index (χ4n) is 3.87. The van der Waals surface area contributed by atoms with Gasteiger partial charge in [0.1, 0.15) is 0 Å². The van der Waals surface area contributed by atoms with E-state index in [2.05, 4.69) is 96.1 Å². The molecule has 0 atom stereocenters. The molecule has 1 aliphatic carbocycles. The van der Waals surface area contributed by atoms with Gasteiger partial charge >= 0.3 is 0 Å². The van der Waals surface area contributed by atoms with E-state index < -0.39 is 0 Å². The minimum absolute atomic E-state index is 0.187. The maximum absolute atomic E-state index is 4.35. The zero-order chi connectivity index (χ0) is 18.4. The number of aromatic nitrogens is 4. The van der Waals surface area contributed by atoms with Crippen LogP contribution in [0.2, 0.25) is 0 Å². The summed E-state index contributed by atoms with van der Waals surface area (Å²) < 4.78 is 1.87. The number of hydrogen-bond donors (Lipinski definition) is 0. The Bertz CT molecular complexity index is 1080. The molecule has 0 spiro atoms. The second-order valence-corrected chi connectivity index (χ2v) is 7.86. The number of rotatable bonds is 3. The Balaban J connectivity index is 1.61. The molecule has 3 aromatic carbocycles. The number of thioether (sulfide) groups is 1. The van der Waals surface area contributed by atoms with Crippen molar-refractivity contribution in [1.29, 1.82) is 0 Å². The van der Waals surface area contributed by atoms with E-state index in [9.17, 15) is 0 Å². The highest BCUT2D eigenvalue weighted by Gasteiger charge is 2.30. The van der Waals surface area contributed by atoms with Gasteiger partial charge in [-0.25, -0.2) is 0 Å². The lowest BCUT2D eigenvalue weighted by atomic mass is 10.1. The lowest BCUT2D eigenvalue weighted by molar-refractivity contribution is 0.746. The number of aryl methyl sites for hydroxylation is 2. The van der Waals surface area contributed by atoms with E-state index >= 15 is 0 Å². The second-order valence-electron chi connectivity index (χ2n) is 6.79. The van der Waals surface area contributed by atoms with Gasteiger partial charge in [0.2, 0.25) is 5.16 Å². The van der Waals surface area contributed by atoms with E-state index in [1.165, 1.54) is 22.3 Å². The summed E-state index contributed by atoms with van der Waals surface area (Å²) in [4.78, 5) is 0. The molecule has 0 aliphatic heterocycles. The van der Waals surface area contributed by atoms with E-state index in [0.717, 1.165) is 22.0 Å². The highest BCUT2D eigenvalue weighted by atomic mass is 32.2. The van der Waals surface area contributed by atoms with E-state index in [1.54, 1.807) is 11.8 Å². The Morgan fingerprint density at radius 3 is 2.00 bits per heavy atom. The van der Waals surface area contributed by atoms with E-state index in [-0.39, 0.29) is 5.25 Å². The lowest BCUT2D eigenvalue weighted by Gasteiger charge is -2.14. The van der Waals surface area contributed by atoms with Gasteiger partial charge in [0.05, 0.1) is 10.9 Å². The number of tetrazole rings is 1. The summed E-state index contributed by atoms with van der Waals surface area (Å²) in [6, 6.07) is 23.5. The summed E-state index contributed by atoms with van der Waals surface area (Å²) in [7, 11) is 0. The third kappa shape index (κ3) is 2.58. The molecule has 0 fully saturated rings. The monoisotopic (exact) mass is 370 g/mol. The van der Waals surface area contributed by atoms with Crippen LogP contribution in [0.5, 0.6) is 0 Å². The normalized spacial score (nSPS) is 12.8. The van der Waals surface area contributed by atoms with Gasteiger partial charge in [-0.3, -0.25) is 0 Å². The molecule has 132 valence electrons. The molecule has 0 amide bonds. The first-order valence-electron chi connectivity index (χ1n) is 8.94. The Morgan fingerprint density at radius 1 is 0.778 bits per heavy atom. The Hall–Kier alpha value is -2.92. The van der Waals surface area contributed by atoms with Crippen molar-refractivity contribution in [1.82, 2.24) is 20.2 Å². The van der Waals surface area contributed by atoms with Crippen LogP contribution in [0.1, 0.15) is 27.5 Å². The zero-order valence-electron chi connectivity index (χ0n) is 15.1. The predicted molar refractivity (Wildman–Crippen MR) is 108 cm³/mol. The molecule has 0 bridgehead atoms. The van der Waals surface area contributed by atoms with Crippen molar-refractivity contribution in [2.45, 2.75) is 24.3 Å². The number of para-hydroxylation sites is 1. The quantitative estimate of drug-likeness (QED) is 0.501. The Kier molecular flexibility index (Phi) is 3.83. The number of hydrogen-bond acceptors (Lipinski definition) is 4. The Labute approximate surface area is 162 Å². The molecular formula is C22H18N4S. The van der Waals surface area contributed by atoms with Crippen molar-refractivity contribution >= 4 is 11.8 Å². The molecule has 0 radical (unpaired) electrons. The number of benzene rings is 3. The van der Waals surface area contributed by atoms with Crippen molar-refractivity contribution in [2.24, 2.45) is 0 Å². The van der Waals surface area contributed by atoms with E-state index in [4.69, 9.17) is 0 Å². The number of nitrogens with zero attached hydrogens (tertiary/aromatic N) is 4. The molecule has 5 rings (SSSR count). The summed E-state index contributed by atoms with van der Waals surface area (Å²) in [5.41, 5.74) is 8.63. The van der Waals surface area contributed by atoms with Crippen LogP contribution in [0.15, 0.2) is 71.9 Å². The zero-order valence-corrected chi connectivity index (χ0v) is 15.9. The molecule has 1 aromatic heterocycles. The van der Waals surface area contributed by atoms with Gasteiger partial charge in [-0.2, -0.15) is 4.68 Å². The molecule has 0 saturated carbocycles. The van der Waals surface area contributed by atoms with Crippen LogP contribution in [-0.2, 0) is 0 Å². The molecule has 4 nitrogen and oxygen atoms in total. The number of fused-ring (bicyclic) bond motifs is 3. The summed E-state index contributed by atoms with van der Waals surface area (Å²) in [5, 5.41) is 13.6. The highest BCUT2D eigenvalue weighted by Crippen LogP contribution is 2.51. The topological polar surface area (TPSA) is 43.6 Å².